The van der Waals surface area contributed by atoms with E-state index < -0.39 is 0 Å². The van der Waals surface area contributed by atoms with Gasteiger partial charge in [-0.05, 0) is 37.4 Å². The van der Waals surface area contributed by atoms with Crippen LogP contribution in [-0.4, -0.2) is 9.24 Å². The van der Waals surface area contributed by atoms with Crippen LogP contribution in [0.3, 0.4) is 0 Å². The first kappa shape index (κ1) is 5.24. The molecule has 1 heterocycles. The molecular weight excluding hydrogens is 226 g/mol. The van der Waals surface area contributed by atoms with Crippen molar-refractivity contribution in [3.05, 3.63) is 0 Å². The van der Waals surface area contributed by atoms with Crippen molar-refractivity contribution in [3.63, 3.8) is 0 Å². The summed E-state index contributed by atoms with van der Waals surface area (Å²) in [5.41, 5.74) is 3.33. The van der Waals surface area contributed by atoms with Crippen molar-refractivity contribution in [1.82, 2.24) is 5.53 Å². The molecule has 1 rings (SSSR count). The van der Waals surface area contributed by atoms with Crippen LogP contribution in [0.2, 0.25) is 0 Å². The van der Waals surface area contributed by atoms with Crippen molar-refractivity contribution in [2.75, 3.05) is 0 Å². The Morgan fingerprint density at radius 1 is 1.00 bits per heavy atom. The van der Waals surface area contributed by atoms with Crippen LogP contribution in [0.15, 0.2) is 10.2 Å². The molecule has 0 aromatic carbocycles. The normalized spacial score (nSPS) is 18.0. The fourth-order valence-electron chi connectivity index (χ4n) is 0.183. The number of rotatable bonds is 0. The number of hydrogen-bond acceptors (Lipinski definition) is 2. The van der Waals surface area contributed by atoms with Crippen LogP contribution in [0.5, 0.6) is 0 Å². The highest BCUT2D eigenvalue weighted by molar-refractivity contribution is 9.25. The van der Waals surface area contributed by atoms with Gasteiger partial charge in [0, 0.05) is 0 Å². The van der Waals surface area contributed by atoms with Crippen LogP contribution in [0.1, 0.15) is 0 Å². The van der Waals surface area contributed by atoms with Gasteiger partial charge < -0.3 is 0 Å². The maximum Gasteiger partial charge on any atom is 0.165 e. The van der Waals surface area contributed by atoms with Gasteiger partial charge in [0.1, 0.15) is 0 Å². The molecule has 0 amide bonds. The Morgan fingerprint density at radius 2 is 1.43 bits per heavy atom. The average molecular weight is 226 g/mol. The zero-order valence-corrected chi connectivity index (χ0v) is 6.27. The number of nitrogens with zero attached hydrogens (tertiary/aromatic N) is 3. The van der Waals surface area contributed by atoms with E-state index in [0.29, 0.717) is 9.24 Å². The zero-order chi connectivity index (χ0) is 5.28. The molecule has 0 aromatic rings. The molecule has 0 aliphatic carbocycles. The second-order valence-electron chi connectivity index (χ2n) is 0.871. The van der Waals surface area contributed by atoms with E-state index in [1.807, 2.05) is 0 Å². The summed E-state index contributed by atoms with van der Waals surface area (Å²) in [6, 6.07) is 0. The summed E-state index contributed by atoms with van der Waals surface area (Å²) in [5, 5.41) is 7.05. The topological polar surface area (TPSA) is 38.8 Å². The third-order valence-corrected chi connectivity index (χ3v) is 2.04. The molecule has 1 aliphatic rings. The van der Waals surface area contributed by atoms with Gasteiger partial charge in [0.05, 0.1) is 0 Å². The predicted molar refractivity (Wildman–Crippen MR) is 34.9 cm³/mol. The molecule has 1 aliphatic heterocycles. The third-order valence-electron chi connectivity index (χ3n) is 0.435. The van der Waals surface area contributed by atoms with Crippen molar-refractivity contribution >= 4 is 41.1 Å². The van der Waals surface area contributed by atoms with E-state index in [1.165, 1.54) is 0 Å². The highest BCUT2D eigenvalue weighted by Crippen LogP contribution is 2.04. The molecule has 0 saturated heterocycles. The molecule has 0 N–H and O–H groups in total. The second-order valence-corrected chi connectivity index (χ2v) is 2.37. The van der Waals surface area contributed by atoms with Gasteiger partial charge in [-0.25, -0.2) is 0 Å². The van der Waals surface area contributed by atoms with Crippen molar-refractivity contribution in [2.24, 2.45) is 10.2 Å². The Morgan fingerprint density at radius 3 is 1.57 bits per heavy atom. The molecule has 0 spiro atoms. The van der Waals surface area contributed by atoms with Crippen LogP contribution in [-0.2, 0) is 0 Å². The van der Waals surface area contributed by atoms with Crippen molar-refractivity contribution in [2.45, 2.75) is 0 Å². The summed E-state index contributed by atoms with van der Waals surface area (Å²) < 4.78 is 1.29. The van der Waals surface area contributed by atoms with Gasteiger partial charge in [-0.3, -0.25) is 0 Å². The average Bonchev–Trinajstić information content (AvgIpc) is 1.91. The van der Waals surface area contributed by atoms with E-state index in [1.54, 1.807) is 0 Å². The molecule has 3 nitrogen and oxygen atoms in total. The monoisotopic (exact) mass is 224 g/mol. The van der Waals surface area contributed by atoms with E-state index in [-0.39, 0.29) is 0 Å². The van der Waals surface area contributed by atoms with E-state index in [0.717, 1.165) is 0 Å². The van der Waals surface area contributed by atoms with Gasteiger partial charge >= 0.3 is 0 Å². The lowest BCUT2D eigenvalue weighted by molar-refractivity contribution is 0.815. The van der Waals surface area contributed by atoms with Crippen LogP contribution >= 0.6 is 31.9 Å². The maximum atomic E-state index is 3.52. The SMILES string of the molecule is BrC1=N[N]N=C1Br. The number of halogens is 2. The van der Waals surface area contributed by atoms with Gasteiger partial charge in [0.2, 0.25) is 0 Å². The van der Waals surface area contributed by atoms with Crippen molar-refractivity contribution < 1.29 is 0 Å². The molecule has 0 bridgehead atoms. The highest BCUT2D eigenvalue weighted by Gasteiger charge is 2.06. The molecule has 0 atom stereocenters. The van der Waals surface area contributed by atoms with Gasteiger partial charge in [0.25, 0.3) is 0 Å². The quantitative estimate of drug-likeness (QED) is 0.591. The molecule has 0 fully saturated rings. The van der Waals surface area contributed by atoms with E-state index >= 15 is 0 Å². The number of hydrogen-bond donors (Lipinski definition) is 0. The minimum absolute atomic E-state index is 0.646. The Balaban J connectivity index is 2.78. The Kier molecular flexibility index (Phi) is 1.43. The lowest BCUT2D eigenvalue weighted by atomic mass is 10.8. The lowest BCUT2D eigenvalue weighted by Crippen LogP contribution is -1.89. The fourth-order valence-corrected chi connectivity index (χ4v) is 0.484. The van der Waals surface area contributed by atoms with Crippen LogP contribution < -0.4 is 5.53 Å². The fraction of sp³-hybridized carbons (Fsp3) is 0. The smallest absolute Gasteiger partial charge is 0.120 e. The van der Waals surface area contributed by atoms with E-state index in [2.05, 4.69) is 47.6 Å². The summed E-state index contributed by atoms with van der Waals surface area (Å²) in [6.45, 7) is 0. The molecular formula is C2Br2N3. The first-order valence-electron chi connectivity index (χ1n) is 1.48. The minimum Gasteiger partial charge on any atom is -0.120 e. The van der Waals surface area contributed by atoms with Crippen molar-refractivity contribution in [1.29, 1.82) is 0 Å². The Labute approximate surface area is 57.1 Å². The molecule has 7 heavy (non-hydrogen) atoms. The molecule has 0 saturated carbocycles. The van der Waals surface area contributed by atoms with Gasteiger partial charge in [0.15, 0.2) is 9.24 Å². The first-order chi connectivity index (χ1) is 3.30. The predicted octanol–water partition coefficient (Wildman–Crippen LogP) is 1.02. The summed E-state index contributed by atoms with van der Waals surface area (Å²) in [4.78, 5) is 0. The maximum absolute atomic E-state index is 3.52. The Bertz CT molecular complexity index is 122. The molecule has 37 valence electrons. The van der Waals surface area contributed by atoms with Gasteiger partial charge in [-0.15, -0.1) is 10.2 Å². The highest BCUT2D eigenvalue weighted by atomic mass is 79.9. The summed E-state index contributed by atoms with van der Waals surface area (Å²) in [5.74, 6) is 0. The minimum atomic E-state index is 0.646. The summed E-state index contributed by atoms with van der Waals surface area (Å²) in [6.07, 6.45) is 0. The Hall–Kier alpha value is 0.1000. The largest absolute Gasteiger partial charge is 0.165 e. The van der Waals surface area contributed by atoms with Gasteiger partial charge in [-0.1, -0.05) is 0 Å². The van der Waals surface area contributed by atoms with Crippen LogP contribution in [0, 0.1) is 0 Å². The standard InChI is InChI=1S/C2Br2N3/c3-1-2(4)6-7-5-1. The molecule has 0 aromatic heterocycles. The molecule has 5 heteroatoms. The van der Waals surface area contributed by atoms with Crippen molar-refractivity contribution in [3.8, 4) is 0 Å². The van der Waals surface area contributed by atoms with Crippen LogP contribution in [0.4, 0.5) is 0 Å². The van der Waals surface area contributed by atoms with Gasteiger partial charge in [-0.2, -0.15) is 0 Å². The lowest BCUT2D eigenvalue weighted by Gasteiger charge is -1.73. The third kappa shape index (κ3) is 1.01. The zero-order valence-electron chi connectivity index (χ0n) is 3.10. The molecule has 1 radical (unpaired) electrons. The van der Waals surface area contributed by atoms with E-state index in [4.69, 9.17) is 0 Å². The van der Waals surface area contributed by atoms with E-state index in [9.17, 15) is 0 Å². The summed E-state index contributed by atoms with van der Waals surface area (Å²) >= 11 is 6.16. The summed E-state index contributed by atoms with van der Waals surface area (Å²) in [7, 11) is 0. The molecule has 0 unspecified atom stereocenters. The van der Waals surface area contributed by atoms with Crippen LogP contribution in [0.25, 0.3) is 0 Å². The second kappa shape index (κ2) is 1.92. The first-order valence-corrected chi connectivity index (χ1v) is 3.06.